The van der Waals surface area contributed by atoms with Crippen molar-refractivity contribution >= 4 is 0 Å². The third-order valence-electron chi connectivity index (χ3n) is 2.16. The fourth-order valence-electron chi connectivity index (χ4n) is 1.35. The van der Waals surface area contributed by atoms with Crippen molar-refractivity contribution in [3.63, 3.8) is 0 Å². The zero-order valence-electron chi connectivity index (χ0n) is 7.85. The van der Waals surface area contributed by atoms with Gasteiger partial charge < -0.3 is 14.6 Å². The average molecular weight is 195 g/mol. The molecule has 2 heterocycles. The molecule has 0 saturated carbocycles. The molecule has 0 amide bonds. The van der Waals surface area contributed by atoms with Crippen LogP contribution in [0.2, 0.25) is 0 Å². The Balaban J connectivity index is 1.95. The Kier molecular flexibility index (Phi) is 2.96. The van der Waals surface area contributed by atoms with E-state index in [4.69, 9.17) is 14.6 Å². The Morgan fingerprint density at radius 3 is 3.07 bits per heavy atom. The maximum atomic E-state index is 8.81. The van der Waals surface area contributed by atoms with E-state index in [0.29, 0.717) is 12.5 Å². The summed E-state index contributed by atoms with van der Waals surface area (Å²) in [5.41, 5.74) is 0.792. The smallest absolute Gasteiger partial charge is 0.213 e. The summed E-state index contributed by atoms with van der Waals surface area (Å²) in [4.78, 5) is 4.08. The van der Waals surface area contributed by atoms with Gasteiger partial charge in [-0.05, 0) is 11.6 Å². The average Bonchev–Trinajstić information content (AvgIpc) is 2.72. The molecule has 1 aliphatic heterocycles. The molecule has 1 aromatic heterocycles. The zero-order chi connectivity index (χ0) is 9.80. The van der Waals surface area contributed by atoms with Crippen molar-refractivity contribution in [1.82, 2.24) is 4.98 Å². The molecule has 1 unspecified atom stereocenters. The van der Waals surface area contributed by atoms with Crippen molar-refractivity contribution in [2.45, 2.75) is 19.1 Å². The number of aliphatic hydroxyl groups excluding tert-OH is 1. The van der Waals surface area contributed by atoms with Gasteiger partial charge in [0.1, 0.15) is 6.10 Å². The Morgan fingerprint density at radius 2 is 2.50 bits per heavy atom. The standard InChI is InChI=1S/C10H13NO3/c12-6-8-1-2-10(11-5-8)14-9-3-4-13-7-9/h1-2,5,9,12H,3-4,6-7H2. The summed E-state index contributed by atoms with van der Waals surface area (Å²) in [7, 11) is 0. The van der Waals surface area contributed by atoms with Crippen LogP contribution in [0.15, 0.2) is 18.3 Å². The number of hydrogen-bond acceptors (Lipinski definition) is 4. The first kappa shape index (κ1) is 9.43. The van der Waals surface area contributed by atoms with Gasteiger partial charge in [0.25, 0.3) is 0 Å². The van der Waals surface area contributed by atoms with Gasteiger partial charge in [0, 0.05) is 18.7 Å². The van der Waals surface area contributed by atoms with Crippen LogP contribution in [0.5, 0.6) is 5.88 Å². The van der Waals surface area contributed by atoms with Crippen LogP contribution in [0, 0.1) is 0 Å². The molecule has 76 valence electrons. The van der Waals surface area contributed by atoms with Crippen molar-refractivity contribution in [3.05, 3.63) is 23.9 Å². The molecule has 1 aliphatic rings. The van der Waals surface area contributed by atoms with Crippen molar-refractivity contribution in [2.24, 2.45) is 0 Å². The van der Waals surface area contributed by atoms with Gasteiger partial charge in [0.2, 0.25) is 5.88 Å². The molecule has 4 nitrogen and oxygen atoms in total. The van der Waals surface area contributed by atoms with Gasteiger partial charge in [0.15, 0.2) is 0 Å². The summed E-state index contributed by atoms with van der Waals surface area (Å²) in [5.74, 6) is 0.595. The maximum absolute atomic E-state index is 8.81. The highest BCUT2D eigenvalue weighted by atomic mass is 16.5. The van der Waals surface area contributed by atoms with E-state index in [1.807, 2.05) is 0 Å². The molecule has 0 aliphatic carbocycles. The molecule has 1 fully saturated rings. The van der Waals surface area contributed by atoms with Crippen molar-refractivity contribution in [2.75, 3.05) is 13.2 Å². The van der Waals surface area contributed by atoms with Gasteiger partial charge in [-0.25, -0.2) is 4.98 Å². The minimum absolute atomic E-state index is 0.0137. The van der Waals surface area contributed by atoms with E-state index in [1.165, 1.54) is 0 Å². The minimum Gasteiger partial charge on any atom is -0.472 e. The predicted octanol–water partition coefficient (Wildman–Crippen LogP) is 0.742. The minimum atomic E-state index is 0.0137. The van der Waals surface area contributed by atoms with Crippen LogP contribution < -0.4 is 4.74 Å². The Labute approximate surface area is 82.5 Å². The molecule has 0 aromatic carbocycles. The molecule has 0 radical (unpaired) electrons. The lowest BCUT2D eigenvalue weighted by Gasteiger charge is -2.10. The first-order chi connectivity index (χ1) is 6.88. The van der Waals surface area contributed by atoms with Crippen LogP contribution in [0.3, 0.4) is 0 Å². The van der Waals surface area contributed by atoms with E-state index in [1.54, 1.807) is 18.3 Å². The fraction of sp³-hybridized carbons (Fsp3) is 0.500. The second-order valence-corrected chi connectivity index (χ2v) is 3.27. The molecule has 1 aromatic rings. The molecular formula is C10H13NO3. The summed E-state index contributed by atoms with van der Waals surface area (Å²) in [5, 5.41) is 8.81. The lowest BCUT2D eigenvalue weighted by Crippen LogP contribution is -2.16. The normalized spacial score (nSPS) is 21.1. The highest BCUT2D eigenvalue weighted by Gasteiger charge is 2.17. The van der Waals surface area contributed by atoms with Crippen LogP contribution >= 0.6 is 0 Å². The van der Waals surface area contributed by atoms with E-state index < -0.39 is 0 Å². The second-order valence-electron chi connectivity index (χ2n) is 3.27. The Hall–Kier alpha value is -1.13. The molecule has 4 heteroatoms. The van der Waals surface area contributed by atoms with Crippen LogP contribution in [0.1, 0.15) is 12.0 Å². The number of rotatable bonds is 3. The molecule has 1 atom stereocenters. The van der Waals surface area contributed by atoms with Gasteiger partial charge in [-0.15, -0.1) is 0 Å². The van der Waals surface area contributed by atoms with Crippen molar-refractivity contribution in [3.8, 4) is 5.88 Å². The van der Waals surface area contributed by atoms with Crippen LogP contribution in [0.4, 0.5) is 0 Å². The molecule has 2 rings (SSSR count). The topological polar surface area (TPSA) is 51.6 Å². The summed E-state index contributed by atoms with van der Waals surface area (Å²) in [6, 6.07) is 3.57. The number of pyridine rings is 1. The Morgan fingerprint density at radius 1 is 1.57 bits per heavy atom. The van der Waals surface area contributed by atoms with Crippen LogP contribution in [0.25, 0.3) is 0 Å². The predicted molar refractivity (Wildman–Crippen MR) is 50.0 cm³/mol. The van der Waals surface area contributed by atoms with Crippen molar-refractivity contribution in [1.29, 1.82) is 0 Å². The number of hydrogen-bond donors (Lipinski definition) is 1. The highest BCUT2D eigenvalue weighted by Crippen LogP contribution is 2.14. The summed E-state index contributed by atoms with van der Waals surface area (Å²) < 4.78 is 10.7. The largest absolute Gasteiger partial charge is 0.472 e. The maximum Gasteiger partial charge on any atom is 0.213 e. The van der Waals surface area contributed by atoms with Gasteiger partial charge in [-0.2, -0.15) is 0 Å². The third kappa shape index (κ3) is 2.21. The summed E-state index contributed by atoms with van der Waals surface area (Å²) in [6.07, 6.45) is 2.66. The van der Waals surface area contributed by atoms with Gasteiger partial charge in [-0.1, -0.05) is 0 Å². The molecular weight excluding hydrogens is 182 g/mol. The summed E-state index contributed by atoms with van der Waals surface area (Å²) in [6.45, 7) is 1.42. The number of aromatic nitrogens is 1. The number of nitrogens with zero attached hydrogens (tertiary/aromatic N) is 1. The SMILES string of the molecule is OCc1ccc(OC2CCOC2)nc1. The molecule has 14 heavy (non-hydrogen) atoms. The Bertz CT molecular complexity index is 280. The zero-order valence-corrected chi connectivity index (χ0v) is 7.85. The molecule has 0 bridgehead atoms. The quantitative estimate of drug-likeness (QED) is 0.773. The van der Waals surface area contributed by atoms with E-state index >= 15 is 0 Å². The van der Waals surface area contributed by atoms with Crippen molar-refractivity contribution < 1.29 is 14.6 Å². The van der Waals surface area contributed by atoms with Gasteiger partial charge in [0.05, 0.1) is 19.8 Å². The number of aliphatic hydroxyl groups is 1. The molecule has 0 spiro atoms. The molecule has 1 saturated heterocycles. The lowest BCUT2D eigenvalue weighted by atomic mass is 10.3. The highest BCUT2D eigenvalue weighted by molar-refractivity contribution is 5.17. The second kappa shape index (κ2) is 4.39. The first-order valence-electron chi connectivity index (χ1n) is 4.68. The van der Waals surface area contributed by atoms with Crippen LogP contribution in [-0.2, 0) is 11.3 Å². The van der Waals surface area contributed by atoms with E-state index in [9.17, 15) is 0 Å². The first-order valence-corrected chi connectivity index (χ1v) is 4.68. The van der Waals surface area contributed by atoms with E-state index in [-0.39, 0.29) is 12.7 Å². The number of ether oxygens (including phenoxy) is 2. The van der Waals surface area contributed by atoms with Gasteiger partial charge in [-0.3, -0.25) is 0 Å². The van der Waals surface area contributed by atoms with E-state index in [0.717, 1.165) is 18.6 Å². The third-order valence-corrected chi connectivity index (χ3v) is 2.16. The van der Waals surface area contributed by atoms with E-state index in [2.05, 4.69) is 4.98 Å². The lowest BCUT2D eigenvalue weighted by molar-refractivity contribution is 0.138. The van der Waals surface area contributed by atoms with Crippen LogP contribution in [-0.4, -0.2) is 29.4 Å². The molecule has 1 N–H and O–H groups in total. The fourth-order valence-corrected chi connectivity index (χ4v) is 1.35. The monoisotopic (exact) mass is 195 g/mol. The van der Waals surface area contributed by atoms with Gasteiger partial charge >= 0.3 is 0 Å². The summed E-state index contributed by atoms with van der Waals surface area (Å²) >= 11 is 0.